The van der Waals surface area contributed by atoms with E-state index in [-0.39, 0.29) is 30.0 Å². The van der Waals surface area contributed by atoms with Crippen LogP contribution in [-0.4, -0.2) is 33.0 Å². The molecular weight excluding hydrogens is 450 g/mol. The number of carbonyl (C=O) groups is 2. The first-order valence-corrected chi connectivity index (χ1v) is 10.7. The van der Waals surface area contributed by atoms with Crippen LogP contribution in [0.5, 0.6) is 5.75 Å². The van der Waals surface area contributed by atoms with Gasteiger partial charge in [-0.05, 0) is 48.0 Å². The second-order valence-electron chi connectivity index (χ2n) is 7.79. The minimum Gasteiger partial charge on any atom is -0.497 e. The van der Waals surface area contributed by atoms with Crippen molar-refractivity contribution in [1.29, 1.82) is 0 Å². The number of carbonyl (C=O) groups excluding carboxylic acids is 2. The van der Waals surface area contributed by atoms with E-state index >= 15 is 0 Å². The summed E-state index contributed by atoms with van der Waals surface area (Å²) in [4.78, 5) is 54.7. The van der Waals surface area contributed by atoms with Crippen LogP contribution < -0.4 is 26.6 Å². The van der Waals surface area contributed by atoms with E-state index in [0.717, 1.165) is 4.57 Å². The molecule has 0 aliphatic carbocycles. The van der Waals surface area contributed by atoms with E-state index < -0.39 is 17.2 Å². The minimum atomic E-state index is -0.631. The number of fused-ring (bicyclic) bond motifs is 1. The Morgan fingerprint density at radius 1 is 0.943 bits per heavy atom. The molecule has 4 aromatic rings. The van der Waals surface area contributed by atoms with Gasteiger partial charge in [0.05, 0.1) is 19.2 Å². The molecule has 4 rings (SSSR count). The minimum absolute atomic E-state index is 0.00849. The van der Waals surface area contributed by atoms with Gasteiger partial charge in [-0.2, -0.15) is 0 Å². The van der Waals surface area contributed by atoms with Crippen LogP contribution in [0.15, 0.2) is 76.4 Å². The number of hydrogen-bond donors (Lipinski definition) is 2. The third kappa shape index (κ3) is 5.27. The number of pyridine rings is 1. The Morgan fingerprint density at radius 3 is 2.34 bits per heavy atom. The van der Waals surface area contributed by atoms with Crippen molar-refractivity contribution in [2.24, 2.45) is 0 Å². The lowest BCUT2D eigenvalue weighted by Crippen LogP contribution is -2.42. The number of methoxy groups -OCH3 is 1. The van der Waals surface area contributed by atoms with Gasteiger partial charge in [-0.1, -0.05) is 18.2 Å². The van der Waals surface area contributed by atoms with Crippen LogP contribution in [-0.2, 0) is 22.7 Å². The third-order valence-corrected chi connectivity index (χ3v) is 5.25. The van der Waals surface area contributed by atoms with E-state index in [4.69, 9.17) is 4.74 Å². The first kappa shape index (κ1) is 23.4. The van der Waals surface area contributed by atoms with Crippen molar-refractivity contribution < 1.29 is 14.3 Å². The molecule has 0 radical (unpaired) electrons. The Hall–Kier alpha value is -4.73. The summed E-state index contributed by atoms with van der Waals surface area (Å²) in [5.74, 6) is -0.0667. The zero-order valence-corrected chi connectivity index (χ0v) is 19.1. The van der Waals surface area contributed by atoms with E-state index in [1.54, 1.807) is 67.8 Å². The molecule has 0 fully saturated rings. The molecule has 10 heteroatoms. The average molecular weight is 473 g/mol. The fourth-order valence-corrected chi connectivity index (χ4v) is 3.67. The molecule has 0 aliphatic heterocycles. The third-order valence-electron chi connectivity index (χ3n) is 5.25. The molecular formula is C25H23N5O5. The zero-order chi connectivity index (χ0) is 24.9. The maximum atomic E-state index is 13.3. The van der Waals surface area contributed by atoms with Gasteiger partial charge in [0.15, 0.2) is 5.52 Å². The molecule has 0 spiro atoms. The van der Waals surface area contributed by atoms with Gasteiger partial charge in [-0.25, -0.2) is 9.78 Å². The summed E-state index contributed by atoms with van der Waals surface area (Å²) in [6.07, 6.45) is 1.46. The van der Waals surface area contributed by atoms with Crippen molar-refractivity contribution in [2.45, 2.75) is 20.0 Å². The highest BCUT2D eigenvalue weighted by Crippen LogP contribution is 2.16. The molecule has 2 heterocycles. The Kier molecular flexibility index (Phi) is 6.72. The highest BCUT2D eigenvalue weighted by Gasteiger charge is 2.17. The number of rotatable bonds is 7. The molecule has 35 heavy (non-hydrogen) atoms. The predicted octanol–water partition coefficient (Wildman–Crippen LogP) is 2.21. The van der Waals surface area contributed by atoms with Crippen molar-refractivity contribution >= 4 is 34.2 Å². The SMILES string of the molecule is COc1ccc(Cn2c(=O)c3ncccc3n(CC(=O)Nc3cccc(NC(C)=O)c3)c2=O)cc1. The molecule has 0 saturated carbocycles. The Morgan fingerprint density at radius 2 is 1.66 bits per heavy atom. The molecule has 10 nitrogen and oxygen atoms in total. The lowest BCUT2D eigenvalue weighted by Gasteiger charge is -2.14. The Bertz CT molecular complexity index is 1520. The Labute approximate surface area is 199 Å². The molecule has 0 aliphatic rings. The summed E-state index contributed by atoms with van der Waals surface area (Å²) >= 11 is 0. The van der Waals surface area contributed by atoms with Crippen LogP contribution in [0.3, 0.4) is 0 Å². The number of nitrogens with one attached hydrogen (secondary N) is 2. The maximum absolute atomic E-state index is 13.3. The van der Waals surface area contributed by atoms with Crippen molar-refractivity contribution in [2.75, 3.05) is 17.7 Å². The second-order valence-corrected chi connectivity index (χ2v) is 7.79. The summed E-state index contributed by atoms with van der Waals surface area (Å²) in [5, 5.41) is 5.37. The van der Waals surface area contributed by atoms with Crippen molar-refractivity contribution in [3.63, 3.8) is 0 Å². The number of amides is 2. The number of ether oxygens (including phenoxy) is 1. The van der Waals surface area contributed by atoms with Gasteiger partial charge in [0.2, 0.25) is 11.8 Å². The monoisotopic (exact) mass is 473 g/mol. The summed E-state index contributed by atoms with van der Waals surface area (Å²) in [6, 6.07) is 16.8. The van der Waals surface area contributed by atoms with Crippen LogP contribution in [0.4, 0.5) is 11.4 Å². The fourth-order valence-electron chi connectivity index (χ4n) is 3.67. The van der Waals surface area contributed by atoms with Gasteiger partial charge in [0.25, 0.3) is 5.56 Å². The van der Waals surface area contributed by atoms with Gasteiger partial charge in [0.1, 0.15) is 12.3 Å². The highest BCUT2D eigenvalue weighted by molar-refractivity contribution is 5.93. The van der Waals surface area contributed by atoms with Crippen molar-refractivity contribution in [1.82, 2.24) is 14.1 Å². The van der Waals surface area contributed by atoms with E-state index in [1.807, 2.05) is 0 Å². The quantitative estimate of drug-likeness (QED) is 0.424. The summed E-state index contributed by atoms with van der Waals surface area (Å²) in [6.45, 7) is 1.06. The van der Waals surface area contributed by atoms with E-state index in [2.05, 4.69) is 15.6 Å². The molecule has 2 aromatic carbocycles. The molecule has 0 unspecified atom stereocenters. The molecule has 2 aromatic heterocycles. The van der Waals surface area contributed by atoms with Crippen LogP contribution in [0.25, 0.3) is 11.0 Å². The molecule has 2 amide bonds. The number of aromatic nitrogens is 3. The molecule has 0 bridgehead atoms. The number of nitrogens with zero attached hydrogens (tertiary/aromatic N) is 3. The number of benzene rings is 2. The lowest BCUT2D eigenvalue weighted by atomic mass is 10.2. The van der Waals surface area contributed by atoms with Gasteiger partial charge in [-0.15, -0.1) is 0 Å². The van der Waals surface area contributed by atoms with Crippen molar-refractivity contribution in [3.05, 3.63) is 93.3 Å². The second kappa shape index (κ2) is 10.0. The number of hydrogen-bond acceptors (Lipinski definition) is 6. The smallest absolute Gasteiger partial charge is 0.332 e. The molecule has 2 N–H and O–H groups in total. The summed E-state index contributed by atoms with van der Waals surface area (Å²) in [5.41, 5.74) is 0.857. The van der Waals surface area contributed by atoms with Gasteiger partial charge in [0, 0.05) is 24.5 Å². The van der Waals surface area contributed by atoms with E-state index in [0.29, 0.717) is 22.7 Å². The van der Waals surface area contributed by atoms with Crippen LogP contribution in [0.1, 0.15) is 12.5 Å². The highest BCUT2D eigenvalue weighted by atomic mass is 16.5. The lowest BCUT2D eigenvalue weighted by molar-refractivity contribution is -0.117. The van der Waals surface area contributed by atoms with Gasteiger partial charge in [-0.3, -0.25) is 23.5 Å². The predicted molar refractivity (Wildman–Crippen MR) is 132 cm³/mol. The van der Waals surface area contributed by atoms with Gasteiger partial charge < -0.3 is 15.4 Å². The first-order chi connectivity index (χ1) is 16.9. The number of anilines is 2. The first-order valence-electron chi connectivity index (χ1n) is 10.7. The molecule has 178 valence electrons. The standard InChI is InChI=1S/C25H23N5O5/c1-16(31)27-18-5-3-6-19(13-18)28-22(32)15-29-21-7-4-12-26-23(21)24(33)30(25(29)34)14-17-8-10-20(35-2)11-9-17/h3-13H,14-15H2,1-2H3,(H,27,31)(H,28,32). The zero-order valence-electron chi connectivity index (χ0n) is 19.1. The largest absolute Gasteiger partial charge is 0.497 e. The van der Waals surface area contributed by atoms with Crippen LogP contribution in [0.2, 0.25) is 0 Å². The van der Waals surface area contributed by atoms with E-state index in [9.17, 15) is 19.2 Å². The van der Waals surface area contributed by atoms with Crippen molar-refractivity contribution in [3.8, 4) is 5.75 Å². The van der Waals surface area contributed by atoms with Crippen LogP contribution in [0, 0.1) is 0 Å². The molecule has 0 saturated heterocycles. The Balaban J connectivity index is 1.67. The summed E-state index contributed by atoms with van der Waals surface area (Å²) in [7, 11) is 1.55. The van der Waals surface area contributed by atoms with Crippen LogP contribution >= 0.6 is 0 Å². The topological polar surface area (TPSA) is 124 Å². The average Bonchev–Trinajstić information content (AvgIpc) is 2.84. The summed E-state index contributed by atoms with van der Waals surface area (Å²) < 4.78 is 7.43. The fraction of sp³-hybridized carbons (Fsp3) is 0.160. The van der Waals surface area contributed by atoms with Gasteiger partial charge >= 0.3 is 5.69 Å². The maximum Gasteiger partial charge on any atom is 0.332 e. The normalized spacial score (nSPS) is 10.7. The molecule has 0 atom stereocenters. The van der Waals surface area contributed by atoms with E-state index in [1.165, 1.54) is 17.7 Å².